The number of nitrogens with one attached hydrogen (secondary N) is 1. The third kappa shape index (κ3) is 2.28. The SMILES string of the molecule is COC(=O)c1cc2ccc(OC(C)=O)cc2[nH]1. The molecule has 0 aliphatic carbocycles. The summed E-state index contributed by atoms with van der Waals surface area (Å²) in [5.74, 6) is -0.386. The Morgan fingerprint density at radius 2 is 2.00 bits per heavy atom. The lowest BCUT2D eigenvalue weighted by molar-refractivity contribution is -0.131. The molecule has 88 valence electrons. The summed E-state index contributed by atoms with van der Waals surface area (Å²) in [5, 5.41) is 0.848. The molecular formula is C12H11NO4. The fourth-order valence-corrected chi connectivity index (χ4v) is 1.56. The van der Waals surface area contributed by atoms with E-state index in [1.807, 2.05) is 0 Å². The first-order valence-electron chi connectivity index (χ1n) is 4.99. The van der Waals surface area contributed by atoms with Gasteiger partial charge in [-0.25, -0.2) is 4.79 Å². The van der Waals surface area contributed by atoms with Crippen LogP contribution in [0.25, 0.3) is 10.9 Å². The molecule has 0 amide bonds. The zero-order chi connectivity index (χ0) is 12.4. The molecule has 0 bridgehead atoms. The number of methoxy groups -OCH3 is 1. The van der Waals surface area contributed by atoms with Crippen LogP contribution in [-0.2, 0) is 9.53 Å². The minimum absolute atomic E-state index is 0.363. The molecule has 0 radical (unpaired) electrons. The number of benzene rings is 1. The van der Waals surface area contributed by atoms with E-state index in [9.17, 15) is 9.59 Å². The largest absolute Gasteiger partial charge is 0.464 e. The van der Waals surface area contributed by atoms with Crippen LogP contribution in [0, 0.1) is 0 Å². The van der Waals surface area contributed by atoms with Crippen LogP contribution in [0.2, 0.25) is 0 Å². The van der Waals surface area contributed by atoms with Crippen molar-refractivity contribution in [1.82, 2.24) is 4.98 Å². The zero-order valence-electron chi connectivity index (χ0n) is 9.44. The van der Waals surface area contributed by atoms with E-state index in [4.69, 9.17) is 4.74 Å². The Labute approximate surface area is 97.3 Å². The number of fused-ring (bicyclic) bond motifs is 1. The van der Waals surface area contributed by atoms with E-state index in [2.05, 4.69) is 9.72 Å². The smallest absolute Gasteiger partial charge is 0.354 e. The fraction of sp³-hybridized carbons (Fsp3) is 0.167. The molecule has 5 heteroatoms. The van der Waals surface area contributed by atoms with Crippen molar-refractivity contribution in [3.63, 3.8) is 0 Å². The van der Waals surface area contributed by atoms with E-state index in [-0.39, 0.29) is 5.97 Å². The number of ether oxygens (including phenoxy) is 2. The number of carbonyl (C=O) groups excluding carboxylic acids is 2. The number of hydrogen-bond acceptors (Lipinski definition) is 4. The van der Waals surface area contributed by atoms with Crippen LogP contribution in [-0.4, -0.2) is 24.0 Å². The van der Waals surface area contributed by atoms with E-state index in [1.54, 1.807) is 24.3 Å². The molecule has 1 N–H and O–H groups in total. The summed E-state index contributed by atoms with van der Waals surface area (Å²) in [4.78, 5) is 25.0. The first-order chi connectivity index (χ1) is 8.10. The molecular weight excluding hydrogens is 222 g/mol. The van der Waals surface area contributed by atoms with Crippen LogP contribution in [0.15, 0.2) is 24.3 Å². The topological polar surface area (TPSA) is 68.4 Å². The van der Waals surface area contributed by atoms with Crippen LogP contribution in [0.1, 0.15) is 17.4 Å². The van der Waals surface area contributed by atoms with Crippen LogP contribution >= 0.6 is 0 Å². The minimum atomic E-state index is -0.435. The standard InChI is InChI=1S/C12H11NO4/c1-7(14)17-9-4-3-8-5-11(12(15)16-2)13-10(8)6-9/h3-6,13H,1-2H3. The van der Waals surface area contributed by atoms with Gasteiger partial charge in [-0.15, -0.1) is 0 Å². The maximum Gasteiger partial charge on any atom is 0.354 e. The van der Waals surface area contributed by atoms with Gasteiger partial charge in [-0.2, -0.15) is 0 Å². The average molecular weight is 233 g/mol. The van der Waals surface area contributed by atoms with Crippen molar-refractivity contribution < 1.29 is 19.1 Å². The molecule has 0 aliphatic heterocycles. The van der Waals surface area contributed by atoms with Crippen molar-refractivity contribution >= 4 is 22.8 Å². The fourth-order valence-electron chi connectivity index (χ4n) is 1.56. The Morgan fingerprint density at radius 1 is 1.24 bits per heavy atom. The molecule has 17 heavy (non-hydrogen) atoms. The molecule has 0 saturated heterocycles. The highest BCUT2D eigenvalue weighted by Gasteiger charge is 2.10. The van der Waals surface area contributed by atoms with Gasteiger partial charge in [0.15, 0.2) is 0 Å². The maximum absolute atomic E-state index is 11.3. The highest BCUT2D eigenvalue weighted by atomic mass is 16.5. The second-order valence-electron chi connectivity index (χ2n) is 3.52. The normalized spacial score (nSPS) is 10.2. The Bertz CT molecular complexity index is 585. The average Bonchev–Trinajstić information content (AvgIpc) is 2.70. The van der Waals surface area contributed by atoms with Crippen molar-refractivity contribution in [2.75, 3.05) is 7.11 Å². The summed E-state index contributed by atoms with van der Waals surface area (Å²) in [6.07, 6.45) is 0. The summed E-state index contributed by atoms with van der Waals surface area (Å²) in [6, 6.07) is 6.76. The molecule has 0 atom stereocenters. The Balaban J connectivity index is 2.40. The van der Waals surface area contributed by atoms with Gasteiger partial charge in [-0.05, 0) is 18.2 Å². The second kappa shape index (κ2) is 4.29. The highest BCUT2D eigenvalue weighted by Crippen LogP contribution is 2.21. The van der Waals surface area contributed by atoms with Crippen molar-refractivity contribution in [2.24, 2.45) is 0 Å². The van der Waals surface area contributed by atoms with E-state index >= 15 is 0 Å². The summed E-state index contributed by atoms with van der Waals surface area (Å²) in [6.45, 7) is 1.33. The number of esters is 2. The van der Waals surface area contributed by atoms with Gasteiger partial charge in [0.1, 0.15) is 11.4 Å². The van der Waals surface area contributed by atoms with Gasteiger partial charge in [0.05, 0.1) is 7.11 Å². The van der Waals surface area contributed by atoms with E-state index < -0.39 is 5.97 Å². The molecule has 1 aromatic carbocycles. The van der Waals surface area contributed by atoms with Crippen LogP contribution in [0.5, 0.6) is 5.75 Å². The predicted molar refractivity (Wildman–Crippen MR) is 60.9 cm³/mol. The van der Waals surface area contributed by atoms with Crippen molar-refractivity contribution in [1.29, 1.82) is 0 Å². The summed E-state index contributed by atoms with van der Waals surface area (Å²) in [5.41, 5.74) is 1.08. The molecule has 1 heterocycles. The molecule has 0 unspecified atom stereocenters. The van der Waals surface area contributed by atoms with Crippen LogP contribution < -0.4 is 4.74 Å². The predicted octanol–water partition coefficient (Wildman–Crippen LogP) is 1.88. The molecule has 0 spiro atoms. The van der Waals surface area contributed by atoms with Gasteiger partial charge in [0.2, 0.25) is 0 Å². The van der Waals surface area contributed by atoms with Crippen molar-refractivity contribution in [3.8, 4) is 5.75 Å². The number of carbonyl (C=O) groups is 2. The maximum atomic E-state index is 11.3. The monoisotopic (exact) mass is 233 g/mol. The first kappa shape index (κ1) is 11.2. The number of aromatic amines is 1. The van der Waals surface area contributed by atoms with E-state index in [0.29, 0.717) is 17.0 Å². The summed E-state index contributed by atoms with van der Waals surface area (Å²) in [7, 11) is 1.32. The van der Waals surface area contributed by atoms with Gasteiger partial charge >= 0.3 is 11.9 Å². The molecule has 5 nitrogen and oxygen atoms in total. The molecule has 0 fully saturated rings. The van der Waals surface area contributed by atoms with Gasteiger partial charge in [-0.1, -0.05) is 0 Å². The zero-order valence-corrected chi connectivity index (χ0v) is 9.44. The van der Waals surface area contributed by atoms with Crippen LogP contribution in [0.3, 0.4) is 0 Å². The number of H-pyrrole nitrogens is 1. The number of rotatable bonds is 2. The molecule has 2 rings (SSSR count). The quantitative estimate of drug-likeness (QED) is 0.635. The molecule has 2 aromatic rings. The summed E-state index contributed by atoms with van der Waals surface area (Å²) < 4.78 is 9.55. The van der Waals surface area contributed by atoms with Gasteiger partial charge in [0.25, 0.3) is 0 Å². The Kier molecular flexibility index (Phi) is 2.82. The van der Waals surface area contributed by atoms with E-state index in [0.717, 1.165) is 5.39 Å². The Hall–Kier alpha value is -2.30. The van der Waals surface area contributed by atoms with Crippen molar-refractivity contribution in [2.45, 2.75) is 6.92 Å². The number of hydrogen-bond donors (Lipinski definition) is 1. The van der Waals surface area contributed by atoms with Gasteiger partial charge in [-0.3, -0.25) is 4.79 Å². The van der Waals surface area contributed by atoms with Gasteiger partial charge in [0, 0.05) is 23.9 Å². The Morgan fingerprint density at radius 3 is 2.65 bits per heavy atom. The molecule has 0 saturated carbocycles. The first-order valence-corrected chi connectivity index (χ1v) is 4.99. The third-order valence-corrected chi connectivity index (χ3v) is 2.26. The lowest BCUT2D eigenvalue weighted by atomic mass is 10.2. The lowest BCUT2D eigenvalue weighted by Gasteiger charge is -1.99. The third-order valence-electron chi connectivity index (χ3n) is 2.26. The highest BCUT2D eigenvalue weighted by molar-refractivity contribution is 5.95. The summed E-state index contributed by atoms with van der Waals surface area (Å²) >= 11 is 0. The lowest BCUT2D eigenvalue weighted by Crippen LogP contribution is -2.01. The second-order valence-corrected chi connectivity index (χ2v) is 3.52. The molecule has 1 aromatic heterocycles. The number of aromatic nitrogens is 1. The van der Waals surface area contributed by atoms with Gasteiger partial charge < -0.3 is 14.5 Å². The van der Waals surface area contributed by atoms with Crippen LogP contribution in [0.4, 0.5) is 0 Å². The van der Waals surface area contributed by atoms with E-state index in [1.165, 1.54) is 14.0 Å². The van der Waals surface area contributed by atoms with Crippen molar-refractivity contribution in [3.05, 3.63) is 30.0 Å². The minimum Gasteiger partial charge on any atom is -0.464 e. The molecule has 0 aliphatic rings.